The molecule has 3 rings (SSSR count). The molecule has 1 aromatic carbocycles. The standard InChI is InChI=1S/C18H20N4O2/c1-13-6-7-19-16(10-13)21-11-14-2-4-15(5-3-14)18(24)22-9-8-20-17(23)12-22/h2-7,10H,8-9,11-12H2,1H3,(H,19,21)(H,20,23). The highest BCUT2D eigenvalue weighted by molar-refractivity contribution is 5.97. The van der Waals surface area contributed by atoms with Crippen LogP contribution in [-0.2, 0) is 11.3 Å². The number of aromatic nitrogens is 1. The third kappa shape index (κ3) is 3.90. The number of carbonyl (C=O) groups excluding carboxylic acids is 2. The summed E-state index contributed by atoms with van der Waals surface area (Å²) in [5.74, 6) is 0.611. The lowest BCUT2D eigenvalue weighted by molar-refractivity contribution is -0.123. The molecule has 2 N–H and O–H groups in total. The zero-order valence-corrected chi connectivity index (χ0v) is 13.6. The van der Waals surface area contributed by atoms with Gasteiger partial charge < -0.3 is 15.5 Å². The third-order valence-corrected chi connectivity index (χ3v) is 3.92. The number of anilines is 1. The lowest BCUT2D eigenvalue weighted by Gasteiger charge is -2.26. The molecule has 0 bridgehead atoms. The molecule has 2 amide bonds. The second kappa shape index (κ2) is 7.12. The molecular formula is C18H20N4O2. The Bertz CT molecular complexity index is 743. The van der Waals surface area contributed by atoms with Crippen LogP contribution in [-0.4, -0.2) is 41.3 Å². The number of aryl methyl sites for hydroxylation is 1. The van der Waals surface area contributed by atoms with E-state index in [9.17, 15) is 9.59 Å². The van der Waals surface area contributed by atoms with Gasteiger partial charge in [0, 0.05) is 31.4 Å². The lowest BCUT2D eigenvalue weighted by Crippen LogP contribution is -2.49. The van der Waals surface area contributed by atoms with Crippen molar-refractivity contribution in [1.82, 2.24) is 15.2 Å². The van der Waals surface area contributed by atoms with Crippen LogP contribution >= 0.6 is 0 Å². The Hall–Kier alpha value is -2.89. The average molecular weight is 324 g/mol. The topological polar surface area (TPSA) is 74.3 Å². The number of benzene rings is 1. The number of pyridine rings is 1. The Kier molecular flexibility index (Phi) is 4.74. The van der Waals surface area contributed by atoms with Crippen molar-refractivity contribution in [2.45, 2.75) is 13.5 Å². The van der Waals surface area contributed by atoms with E-state index in [1.807, 2.05) is 31.2 Å². The fourth-order valence-corrected chi connectivity index (χ4v) is 2.59. The van der Waals surface area contributed by atoms with Crippen LogP contribution < -0.4 is 10.6 Å². The van der Waals surface area contributed by atoms with Gasteiger partial charge in [0.1, 0.15) is 5.82 Å². The van der Waals surface area contributed by atoms with Gasteiger partial charge in [0.2, 0.25) is 5.91 Å². The van der Waals surface area contributed by atoms with Crippen LogP contribution in [0.1, 0.15) is 21.5 Å². The van der Waals surface area contributed by atoms with E-state index in [4.69, 9.17) is 0 Å². The number of hydrogen-bond acceptors (Lipinski definition) is 4. The maximum atomic E-state index is 12.4. The number of nitrogens with one attached hydrogen (secondary N) is 2. The maximum absolute atomic E-state index is 12.4. The van der Waals surface area contributed by atoms with E-state index in [0.717, 1.165) is 16.9 Å². The van der Waals surface area contributed by atoms with E-state index in [-0.39, 0.29) is 18.4 Å². The molecule has 0 radical (unpaired) electrons. The summed E-state index contributed by atoms with van der Waals surface area (Å²) in [6.45, 7) is 3.84. The second-order valence-electron chi connectivity index (χ2n) is 5.85. The Balaban J connectivity index is 1.60. The first-order valence-corrected chi connectivity index (χ1v) is 7.93. The molecule has 6 nitrogen and oxygen atoms in total. The van der Waals surface area contributed by atoms with Gasteiger partial charge in [-0.15, -0.1) is 0 Å². The maximum Gasteiger partial charge on any atom is 0.254 e. The molecule has 2 heterocycles. The molecule has 1 aliphatic heterocycles. The summed E-state index contributed by atoms with van der Waals surface area (Å²) in [7, 11) is 0. The van der Waals surface area contributed by atoms with Crippen molar-refractivity contribution in [1.29, 1.82) is 0 Å². The molecular weight excluding hydrogens is 304 g/mol. The van der Waals surface area contributed by atoms with Gasteiger partial charge in [0.05, 0.1) is 6.54 Å². The molecule has 0 saturated carbocycles. The quantitative estimate of drug-likeness (QED) is 0.895. The lowest BCUT2D eigenvalue weighted by atomic mass is 10.1. The number of piperazine rings is 1. The first-order chi connectivity index (χ1) is 11.6. The van der Waals surface area contributed by atoms with Gasteiger partial charge in [0.25, 0.3) is 5.91 Å². The van der Waals surface area contributed by atoms with Crippen LogP contribution in [0.5, 0.6) is 0 Å². The van der Waals surface area contributed by atoms with Crippen LogP contribution in [0.3, 0.4) is 0 Å². The monoisotopic (exact) mass is 324 g/mol. The van der Waals surface area contributed by atoms with Crippen LogP contribution in [0, 0.1) is 6.92 Å². The second-order valence-corrected chi connectivity index (χ2v) is 5.85. The highest BCUT2D eigenvalue weighted by Crippen LogP contribution is 2.11. The SMILES string of the molecule is Cc1ccnc(NCc2ccc(C(=O)N3CCNC(=O)C3)cc2)c1. The largest absolute Gasteiger partial charge is 0.366 e. The van der Waals surface area contributed by atoms with Crippen molar-refractivity contribution >= 4 is 17.6 Å². The summed E-state index contributed by atoms with van der Waals surface area (Å²) >= 11 is 0. The van der Waals surface area contributed by atoms with Gasteiger partial charge >= 0.3 is 0 Å². The summed E-state index contributed by atoms with van der Waals surface area (Å²) in [6.07, 6.45) is 1.77. The third-order valence-electron chi connectivity index (χ3n) is 3.92. The van der Waals surface area contributed by atoms with E-state index in [2.05, 4.69) is 15.6 Å². The van der Waals surface area contributed by atoms with Crippen molar-refractivity contribution in [3.8, 4) is 0 Å². The molecule has 0 atom stereocenters. The molecule has 0 unspecified atom stereocenters. The van der Waals surface area contributed by atoms with Crippen molar-refractivity contribution < 1.29 is 9.59 Å². The van der Waals surface area contributed by atoms with E-state index in [0.29, 0.717) is 25.2 Å². The highest BCUT2D eigenvalue weighted by Gasteiger charge is 2.21. The first-order valence-electron chi connectivity index (χ1n) is 7.93. The summed E-state index contributed by atoms with van der Waals surface area (Å²) in [4.78, 5) is 29.6. The molecule has 1 fully saturated rings. The smallest absolute Gasteiger partial charge is 0.254 e. The number of rotatable bonds is 4. The summed E-state index contributed by atoms with van der Waals surface area (Å²) in [5.41, 5.74) is 2.81. The van der Waals surface area contributed by atoms with E-state index in [1.54, 1.807) is 23.2 Å². The fraction of sp³-hybridized carbons (Fsp3) is 0.278. The van der Waals surface area contributed by atoms with Gasteiger partial charge in [-0.2, -0.15) is 0 Å². The van der Waals surface area contributed by atoms with Gasteiger partial charge in [-0.3, -0.25) is 9.59 Å². The predicted octanol–water partition coefficient (Wildman–Crippen LogP) is 1.57. The summed E-state index contributed by atoms with van der Waals surface area (Å²) in [5, 5.41) is 5.98. The predicted molar refractivity (Wildman–Crippen MR) is 91.7 cm³/mol. The molecule has 24 heavy (non-hydrogen) atoms. The van der Waals surface area contributed by atoms with Crippen molar-refractivity contribution in [3.63, 3.8) is 0 Å². The minimum Gasteiger partial charge on any atom is -0.366 e. The van der Waals surface area contributed by atoms with Crippen molar-refractivity contribution in [2.75, 3.05) is 25.0 Å². The molecule has 6 heteroatoms. The average Bonchev–Trinajstić information content (AvgIpc) is 2.60. The Labute approximate surface area is 140 Å². The minimum absolute atomic E-state index is 0.107. The fourth-order valence-electron chi connectivity index (χ4n) is 2.59. The van der Waals surface area contributed by atoms with E-state index >= 15 is 0 Å². The number of hydrogen-bond donors (Lipinski definition) is 2. The minimum atomic E-state index is -0.110. The molecule has 1 aliphatic rings. The van der Waals surface area contributed by atoms with Crippen LogP contribution in [0.4, 0.5) is 5.82 Å². The molecule has 0 spiro atoms. The van der Waals surface area contributed by atoms with Gasteiger partial charge in [0.15, 0.2) is 0 Å². The summed E-state index contributed by atoms with van der Waals surface area (Å²) < 4.78 is 0. The molecule has 1 saturated heterocycles. The Morgan fingerprint density at radius 2 is 2.08 bits per heavy atom. The molecule has 124 valence electrons. The van der Waals surface area contributed by atoms with Crippen LogP contribution in [0.15, 0.2) is 42.6 Å². The van der Waals surface area contributed by atoms with Crippen molar-refractivity contribution in [3.05, 3.63) is 59.3 Å². The van der Waals surface area contributed by atoms with E-state index in [1.165, 1.54) is 0 Å². The Morgan fingerprint density at radius 3 is 2.79 bits per heavy atom. The molecule has 0 aliphatic carbocycles. The number of carbonyl (C=O) groups is 2. The van der Waals surface area contributed by atoms with Crippen LogP contribution in [0.2, 0.25) is 0 Å². The molecule has 1 aromatic heterocycles. The number of amides is 2. The first kappa shape index (κ1) is 16.0. The zero-order valence-electron chi connectivity index (χ0n) is 13.6. The summed E-state index contributed by atoms with van der Waals surface area (Å²) in [6, 6.07) is 11.4. The van der Waals surface area contributed by atoms with Gasteiger partial charge in [-0.1, -0.05) is 12.1 Å². The van der Waals surface area contributed by atoms with Gasteiger partial charge in [-0.25, -0.2) is 4.98 Å². The normalized spacial score (nSPS) is 14.2. The Morgan fingerprint density at radius 1 is 1.29 bits per heavy atom. The van der Waals surface area contributed by atoms with Crippen molar-refractivity contribution in [2.24, 2.45) is 0 Å². The highest BCUT2D eigenvalue weighted by atomic mass is 16.2. The molecule has 2 aromatic rings. The van der Waals surface area contributed by atoms with Gasteiger partial charge in [-0.05, 0) is 42.3 Å². The van der Waals surface area contributed by atoms with E-state index < -0.39 is 0 Å². The number of nitrogens with zero attached hydrogens (tertiary/aromatic N) is 2. The zero-order chi connectivity index (χ0) is 16.9. The van der Waals surface area contributed by atoms with Crippen LogP contribution in [0.25, 0.3) is 0 Å².